The van der Waals surface area contributed by atoms with Gasteiger partial charge >= 0.3 is 0 Å². The zero-order valence-corrected chi connectivity index (χ0v) is 7.20. The molecule has 0 N–H and O–H groups in total. The summed E-state index contributed by atoms with van der Waals surface area (Å²) in [6.07, 6.45) is 2.75. The highest BCUT2D eigenvalue weighted by atomic mass is 15.2. The van der Waals surface area contributed by atoms with Crippen LogP contribution in [0.15, 0.2) is 12.3 Å². The minimum atomic E-state index is 0.782. The van der Waals surface area contributed by atoms with Crippen LogP contribution in [0.1, 0.15) is 12.6 Å². The van der Waals surface area contributed by atoms with Crippen molar-refractivity contribution in [3.63, 3.8) is 0 Å². The molecule has 1 heterocycles. The Kier molecular flexibility index (Phi) is 2.41. The van der Waals surface area contributed by atoms with Crippen molar-refractivity contribution in [3.05, 3.63) is 18.0 Å². The number of rotatable bonds is 2. The molecule has 1 rings (SSSR count). The first-order chi connectivity index (χ1) is 5.24. The number of hydrogen-bond donors (Lipinski definition) is 0. The molecule has 3 heteroatoms. The molecule has 0 bridgehead atoms. The van der Waals surface area contributed by atoms with Crippen molar-refractivity contribution in [1.29, 1.82) is 0 Å². The maximum Gasteiger partial charge on any atom is 0.224 e. The average molecular weight is 151 g/mol. The molecule has 0 atom stereocenters. The SMILES string of the molecule is CCc1ccnc(N(C)C)n1. The molecule has 0 aromatic carbocycles. The van der Waals surface area contributed by atoms with E-state index in [2.05, 4.69) is 16.9 Å². The fourth-order valence-electron chi connectivity index (χ4n) is 0.797. The van der Waals surface area contributed by atoms with Gasteiger partial charge in [-0.25, -0.2) is 9.97 Å². The zero-order valence-electron chi connectivity index (χ0n) is 7.20. The summed E-state index contributed by atoms with van der Waals surface area (Å²) in [5.41, 5.74) is 1.09. The summed E-state index contributed by atoms with van der Waals surface area (Å²) in [5.74, 6) is 0.782. The molecular weight excluding hydrogens is 138 g/mol. The molecule has 0 unspecified atom stereocenters. The van der Waals surface area contributed by atoms with E-state index < -0.39 is 0 Å². The Balaban J connectivity index is 2.91. The molecule has 1 aromatic rings. The van der Waals surface area contributed by atoms with Gasteiger partial charge in [0.2, 0.25) is 5.95 Å². The summed E-state index contributed by atoms with van der Waals surface area (Å²) in [6, 6.07) is 1.94. The minimum Gasteiger partial charge on any atom is -0.347 e. The monoisotopic (exact) mass is 151 g/mol. The summed E-state index contributed by atoms with van der Waals surface area (Å²) in [4.78, 5) is 10.3. The van der Waals surface area contributed by atoms with Gasteiger partial charge < -0.3 is 4.90 Å². The normalized spacial score (nSPS) is 9.73. The predicted molar refractivity (Wildman–Crippen MR) is 45.7 cm³/mol. The minimum absolute atomic E-state index is 0.782. The maximum atomic E-state index is 4.31. The highest BCUT2D eigenvalue weighted by Gasteiger charge is 1.97. The summed E-state index contributed by atoms with van der Waals surface area (Å²) in [6.45, 7) is 2.09. The lowest BCUT2D eigenvalue weighted by Crippen LogP contribution is -2.13. The van der Waals surface area contributed by atoms with Gasteiger partial charge in [-0.3, -0.25) is 0 Å². The van der Waals surface area contributed by atoms with Crippen molar-refractivity contribution in [2.45, 2.75) is 13.3 Å². The molecule has 0 radical (unpaired) electrons. The van der Waals surface area contributed by atoms with Crippen molar-refractivity contribution in [2.75, 3.05) is 19.0 Å². The third-order valence-electron chi connectivity index (χ3n) is 1.46. The Labute approximate surface area is 67.1 Å². The van der Waals surface area contributed by atoms with Crippen LogP contribution in [0.3, 0.4) is 0 Å². The van der Waals surface area contributed by atoms with E-state index in [1.54, 1.807) is 6.20 Å². The number of anilines is 1. The van der Waals surface area contributed by atoms with Gasteiger partial charge in [0.25, 0.3) is 0 Å². The zero-order chi connectivity index (χ0) is 8.27. The van der Waals surface area contributed by atoms with Crippen LogP contribution in [0.25, 0.3) is 0 Å². The number of nitrogens with zero attached hydrogens (tertiary/aromatic N) is 3. The smallest absolute Gasteiger partial charge is 0.224 e. The van der Waals surface area contributed by atoms with E-state index in [-0.39, 0.29) is 0 Å². The fourth-order valence-corrected chi connectivity index (χ4v) is 0.797. The van der Waals surface area contributed by atoms with E-state index in [1.165, 1.54) is 0 Å². The molecule has 0 spiro atoms. The standard InChI is InChI=1S/C8H13N3/c1-4-7-5-6-9-8(10-7)11(2)3/h5-6H,4H2,1-3H3. The van der Waals surface area contributed by atoms with Crippen molar-refractivity contribution in [2.24, 2.45) is 0 Å². The van der Waals surface area contributed by atoms with Crippen molar-refractivity contribution in [1.82, 2.24) is 9.97 Å². The Bertz CT molecular complexity index is 233. The van der Waals surface area contributed by atoms with Crippen LogP contribution in [-0.2, 0) is 6.42 Å². The van der Waals surface area contributed by atoms with Gasteiger partial charge in [-0.1, -0.05) is 6.92 Å². The number of aryl methyl sites for hydroxylation is 1. The van der Waals surface area contributed by atoms with Gasteiger partial charge in [0, 0.05) is 26.0 Å². The van der Waals surface area contributed by atoms with Crippen LogP contribution in [0.5, 0.6) is 0 Å². The Morgan fingerprint density at radius 3 is 2.73 bits per heavy atom. The van der Waals surface area contributed by atoms with E-state index in [9.17, 15) is 0 Å². The molecule has 0 aliphatic rings. The molecule has 1 aromatic heterocycles. The summed E-state index contributed by atoms with van der Waals surface area (Å²) >= 11 is 0. The third kappa shape index (κ3) is 1.90. The van der Waals surface area contributed by atoms with Crippen LogP contribution in [0.4, 0.5) is 5.95 Å². The molecule has 0 fully saturated rings. The second kappa shape index (κ2) is 3.32. The van der Waals surface area contributed by atoms with Crippen LogP contribution in [-0.4, -0.2) is 24.1 Å². The van der Waals surface area contributed by atoms with Gasteiger partial charge in [-0.2, -0.15) is 0 Å². The highest BCUT2D eigenvalue weighted by Crippen LogP contribution is 2.02. The lowest BCUT2D eigenvalue weighted by Gasteiger charge is -2.09. The Hall–Kier alpha value is -1.12. The van der Waals surface area contributed by atoms with E-state index in [1.807, 2.05) is 25.1 Å². The first kappa shape index (κ1) is 7.98. The van der Waals surface area contributed by atoms with Gasteiger partial charge in [0.1, 0.15) is 0 Å². The second-order valence-corrected chi connectivity index (χ2v) is 2.60. The Morgan fingerprint density at radius 1 is 1.45 bits per heavy atom. The van der Waals surface area contributed by atoms with Crippen LogP contribution < -0.4 is 4.90 Å². The molecule has 0 saturated carbocycles. The average Bonchev–Trinajstić information content (AvgIpc) is 2.05. The molecule has 0 amide bonds. The summed E-state index contributed by atoms with van der Waals surface area (Å²) in [7, 11) is 3.88. The van der Waals surface area contributed by atoms with Crippen molar-refractivity contribution < 1.29 is 0 Å². The largest absolute Gasteiger partial charge is 0.347 e. The summed E-state index contributed by atoms with van der Waals surface area (Å²) in [5, 5.41) is 0. The van der Waals surface area contributed by atoms with Crippen LogP contribution >= 0.6 is 0 Å². The van der Waals surface area contributed by atoms with E-state index in [0.717, 1.165) is 18.1 Å². The van der Waals surface area contributed by atoms with Gasteiger partial charge in [0.05, 0.1) is 0 Å². The lowest BCUT2D eigenvalue weighted by molar-refractivity contribution is 0.939. The third-order valence-corrected chi connectivity index (χ3v) is 1.46. The van der Waals surface area contributed by atoms with Crippen LogP contribution in [0, 0.1) is 0 Å². The fraction of sp³-hybridized carbons (Fsp3) is 0.500. The number of hydrogen-bond acceptors (Lipinski definition) is 3. The second-order valence-electron chi connectivity index (χ2n) is 2.60. The van der Waals surface area contributed by atoms with E-state index in [4.69, 9.17) is 0 Å². The first-order valence-electron chi connectivity index (χ1n) is 3.73. The topological polar surface area (TPSA) is 29.0 Å². The molecule has 0 aliphatic carbocycles. The summed E-state index contributed by atoms with van der Waals surface area (Å²) < 4.78 is 0. The lowest BCUT2D eigenvalue weighted by atomic mass is 10.3. The molecule has 60 valence electrons. The van der Waals surface area contributed by atoms with Gasteiger partial charge in [0.15, 0.2) is 0 Å². The first-order valence-corrected chi connectivity index (χ1v) is 3.73. The molecular formula is C8H13N3. The molecule has 3 nitrogen and oxygen atoms in total. The van der Waals surface area contributed by atoms with Crippen molar-refractivity contribution in [3.8, 4) is 0 Å². The van der Waals surface area contributed by atoms with Gasteiger partial charge in [-0.05, 0) is 12.5 Å². The van der Waals surface area contributed by atoms with E-state index >= 15 is 0 Å². The molecule has 0 aliphatic heterocycles. The quantitative estimate of drug-likeness (QED) is 0.634. The molecule has 11 heavy (non-hydrogen) atoms. The maximum absolute atomic E-state index is 4.31. The van der Waals surface area contributed by atoms with E-state index in [0.29, 0.717) is 0 Å². The van der Waals surface area contributed by atoms with Gasteiger partial charge in [-0.15, -0.1) is 0 Å². The number of aromatic nitrogens is 2. The molecule has 0 saturated heterocycles. The highest BCUT2D eigenvalue weighted by molar-refractivity contribution is 5.26. The predicted octanol–water partition coefficient (Wildman–Crippen LogP) is 1.10. The van der Waals surface area contributed by atoms with Crippen molar-refractivity contribution >= 4 is 5.95 Å². The van der Waals surface area contributed by atoms with Crippen LogP contribution in [0.2, 0.25) is 0 Å². The Morgan fingerprint density at radius 2 is 2.18 bits per heavy atom.